The second-order valence-electron chi connectivity index (χ2n) is 3.60. The Balaban J connectivity index is 2.89. The molecule has 16 heavy (non-hydrogen) atoms. The van der Waals surface area contributed by atoms with Gasteiger partial charge >= 0.3 is 5.97 Å². The fourth-order valence-electron chi connectivity index (χ4n) is 1.65. The number of benzene rings is 1. The molecule has 0 spiro atoms. The third-order valence-corrected chi connectivity index (χ3v) is 2.38. The van der Waals surface area contributed by atoms with E-state index in [0.29, 0.717) is 5.56 Å². The standard InChI is InChI=1S/C13H18O3/c1-3-7-10-8-5-6-9-11(10)12(14)13(15)16-4-2/h5-6,8-9,12,14H,3-4,7H2,1-2H3. The summed E-state index contributed by atoms with van der Waals surface area (Å²) in [4.78, 5) is 11.4. The minimum absolute atomic E-state index is 0.284. The highest BCUT2D eigenvalue weighted by atomic mass is 16.5. The fraction of sp³-hybridized carbons (Fsp3) is 0.462. The van der Waals surface area contributed by atoms with E-state index in [4.69, 9.17) is 4.74 Å². The zero-order chi connectivity index (χ0) is 12.0. The minimum Gasteiger partial charge on any atom is -0.464 e. The largest absolute Gasteiger partial charge is 0.464 e. The van der Waals surface area contributed by atoms with Gasteiger partial charge < -0.3 is 9.84 Å². The lowest BCUT2D eigenvalue weighted by Gasteiger charge is -2.13. The molecule has 0 heterocycles. The Morgan fingerprint density at radius 1 is 1.38 bits per heavy atom. The van der Waals surface area contributed by atoms with Gasteiger partial charge in [-0.3, -0.25) is 0 Å². The smallest absolute Gasteiger partial charge is 0.339 e. The van der Waals surface area contributed by atoms with Crippen molar-refractivity contribution < 1.29 is 14.6 Å². The maximum absolute atomic E-state index is 11.4. The van der Waals surface area contributed by atoms with E-state index in [1.807, 2.05) is 18.2 Å². The van der Waals surface area contributed by atoms with Gasteiger partial charge in [0.25, 0.3) is 0 Å². The third-order valence-electron chi connectivity index (χ3n) is 2.38. The number of hydrogen-bond donors (Lipinski definition) is 1. The van der Waals surface area contributed by atoms with Gasteiger partial charge in [-0.15, -0.1) is 0 Å². The molecule has 3 nitrogen and oxygen atoms in total. The van der Waals surface area contributed by atoms with E-state index in [1.54, 1.807) is 13.0 Å². The molecule has 0 saturated heterocycles. The Bertz CT molecular complexity index is 347. The van der Waals surface area contributed by atoms with Crippen LogP contribution in [0.1, 0.15) is 37.5 Å². The van der Waals surface area contributed by atoms with Gasteiger partial charge in [0.2, 0.25) is 0 Å². The molecule has 1 unspecified atom stereocenters. The van der Waals surface area contributed by atoms with Crippen LogP contribution >= 0.6 is 0 Å². The Hall–Kier alpha value is -1.35. The van der Waals surface area contributed by atoms with Crippen molar-refractivity contribution in [2.24, 2.45) is 0 Å². The van der Waals surface area contributed by atoms with Crippen molar-refractivity contribution >= 4 is 5.97 Å². The van der Waals surface area contributed by atoms with Gasteiger partial charge in [-0.25, -0.2) is 4.79 Å². The van der Waals surface area contributed by atoms with Gasteiger partial charge in [-0.2, -0.15) is 0 Å². The lowest BCUT2D eigenvalue weighted by Crippen LogP contribution is -2.16. The first-order valence-electron chi connectivity index (χ1n) is 5.63. The van der Waals surface area contributed by atoms with E-state index < -0.39 is 12.1 Å². The topological polar surface area (TPSA) is 46.5 Å². The van der Waals surface area contributed by atoms with Crippen molar-refractivity contribution in [3.8, 4) is 0 Å². The fourth-order valence-corrected chi connectivity index (χ4v) is 1.65. The Kier molecular flexibility index (Phi) is 4.99. The highest BCUT2D eigenvalue weighted by Gasteiger charge is 2.20. The first-order valence-corrected chi connectivity index (χ1v) is 5.63. The Morgan fingerprint density at radius 3 is 2.69 bits per heavy atom. The quantitative estimate of drug-likeness (QED) is 0.777. The van der Waals surface area contributed by atoms with Crippen LogP contribution in [-0.4, -0.2) is 17.7 Å². The summed E-state index contributed by atoms with van der Waals surface area (Å²) >= 11 is 0. The summed E-state index contributed by atoms with van der Waals surface area (Å²) in [6.45, 7) is 4.07. The Labute approximate surface area is 96.1 Å². The SMILES string of the molecule is CCCc1ccccc1C(O)C(=O)OCC. The van der Waals surface area contributed by atoms with Gasteiger partial charge in [0.05, 0.1) is 6.61 Å². The van der Waals surface area contributed by atoms with Crippen LogP contribution in [0.25, 0.3) is 0 Å². The molecule has 1 atom stereocenters. The summed E-state index contributed by atoms with van der Waals surface area (Å²) in [5, 5.41) is 9.85. The lowest BCUT2D eigenvalue weighted by molar-refractivity contribution is -0.153. The van der Waals surface area contributed by atoms with Crippen LogP contribution in [0.2, 0.25) is 0 Å². The molecule has 1 N–H and O–H groups in total. The van der Waals surface area contributed by atoms with Crippen LogP contribution in [-0.2, 0) is 16.0 Å². The van der Waals surface area contributed by atoms with Crippen LogP contribution in [0.4, 0.5) is 0 Å². The molecule has 1 aromatic rings. The number of ether oxygens (including phenoxy) is 1. The van der Waals surface area contributed by atoms with E-state index in [0.717, 1.165) is 18.4 Å². The molecule has 1 rings (SSSR count). The maximum atomic E-state index is 11.4. The van der Waals surface area contributed by atoms with Crippen LogP contribution in [0.3, 0.4) is 0 Å². The van der Waals surface area contributed by atoms with Gasteiger partial charge in [0.1, 0.15) is 0 Å². The molecule has 0 aliphatic rings. The monoisotopic (exact) mass is 222 g/mol. The summed E-state index contributed by atoms with van der Waals surface area (Å²) in [6, 6.07) is 7.43. The molecule has 0 aliphatic heterocycles. The normalized spacial score (nSPS) is 12.2. The summed E-state index contributed by atoms with van der Waals surface area (Å²) in [7, 11) is 0. The van der Waals surface area contributed by atoms with E-state index in [-0.39, 0.29) is 6.61 Å². The molecule has 0 fully saturated rings. The van der Waals surface area contributed by atoms with Gasteiger partial charge in [-0.1, -0.05) is 37.6 Å². The predicted octanol–water partition coefficient (Wildman–Crippen LogP) is 2.24. The highest BCUT2D eigenvalue weighted by molar-refractivity contribution is 5.76. The molecule has 0 aliphatic carbocycles. The lowest BCUT2D eigenvalue weighted by atomic mass is 9.99. The minimum atomic E-state index is -1.16. The van der Waals surface area contributed by atoms with Crippen molar-refractivity contribution in [2.75, 3.05) is 6.61 Å². The maximum Gasteiger partial charge on any atom is 0.339 e. The Morgan fingerprint density at radius 2 is 2.06 bits per heavy atom. The molecule has 0 radical (unpaired) electrons. The summed E-state index contributed by atoms with van der Waals surface area (Å²) in [5.41, 5.74) is 1.66. The van der Waals surface area contributed by atoms with Gasteiger partial charge in [-0.05, 0) is 24.5 Å². The van der Waals surface area contributed by atoms with Gasteiger partial charge in [0, 0.05) is 0 Å². The summed E-state index contributed by atoms with van der Waals surface area (Å²) < 4.78 is 4.80. The van der Waals surface area contributed by atoms with E-state index in [1.165, 1.54) is 0 Å². The molecule has 1 aromatic carbocycles. The number of aliphatic hydroxyl groups excluding tert-OH is 1. The molecule has 0 amide bonds. The number of aliphatic hydroxyl groups is 1. The number of esters is 1. The highest BCUT2D eigenvalue weighted by Crippen LogP contribution is 2.20. The van der Waals surface area contributed by atoms with Crippen LogP contribution < -0.4 is 0 Å². The average molecular weight is 222 g/mol. The second kappa shape index (κ2) is 6.28. The van der Waals surface area contributed by atoms with E-state index >= 15 is 0 Å². The molecular formula is C13H18O3. The van der Waals surface area contributed by atoms with Crippen molar-refractivity contribution in [1.82, 2.24) is 0 Å². The van der Waals surface area contributed by atoms with E-state index in [9.17, 15) is 9.90 Å². The molecule has 0 saturated carbocycles. The third kappa shape index (κ3) is 3.07. The zero-order valence-corrected chi connectivity index (χ0v) is 9.77. The first-order chi connectivity index (χ1) is 7.70. The number of carbonyl (C=O) groups is 1. The van der Waals surface area contributed by atoms with Crippen molar-refractivity contribution in [2.45, 2.75) is 32.8 Å². The van der Waals surface area contributed by atoms with E-state index in [2.05, 4.69) is 6.92 Å². The number of aryl methyl sites for hydroxylation is 1. The summed E-state index contributed by atoms with van der Waals surface area (Å²) in [6.07, 6.45) is 0.668. The zero-order valence-electron chi connectivity index (χ0n) is 9.77. The molecular weight excluding hydrogens is 204 g/mol. The first kappa shape index (κ1) is 12.7. The summed E-state index contributed by atoms with van der Waals surface area (Å²) in [5.74, 6) is -0.578. The van der Waals surface area contributed by atoms with Crippen molar-refractivity contribution in [3.05, 3.63) is 35.4 Å². The molecule has 0 aromatic heterocycles. The number of rotatable bonds is 5. The van der Waals surface area contributed by atoms with Crippen LogP contribution in [0.5, 0.6) is 0 Å². The van der Waals surface area contributed by atoms with Crippen LogP contribution in [0.15, 0.2) is 24.3 Å². The molecule has 0 bridgehead atoms. The molecule has 88 valence electrons. The number of carbonyl (C=O) groups excluding carboxylic acids is 1. The van der Waals surface area contributed by atoms with Crippen LogP contribution in [0, 0.1) is 0 Å². The van der Waals surface area contributed by atoms with Crippen molar-refractivity contribution in [3.63, 3.8) is 0 Å². The molecule has 3 heteroatoms. The van der Waals surface area contributed by atoms with Crippen molar-refractivity contribution in [1.29, 1.82) is 0 Å². The number of hydrogen-bond acceptors (Lipinski definition) is 3. The average Bonchev–Trinajstić information content (AvgIpc) is 2.29. The van der Waals surface area contributed by atoms with Gasteiger partial charge in [0.15, 0.2) is 6.10 Å². The predicted molar refractivity (Wildman–Crippen MR) is 62.0 cm³/mol. The second-order valence-corrected chi connectivity index (χ2v) is 3.60.